The number of thiophene rings is 1. The highest BCUT2D eigenvalue weighted by atomic mass is 32.2. The quantitative estimate of drug-likeness (QED) is 0.540. The standard InChI is InChI=1S/C7H6OS2/c8-10-4-2-6-1-3-9-7(6)5-10/h1,3H,2,4H2. The first-order valence-electron chi connectivity index (χ1n) is 3.07. The summed E-state index contributed by atoms with van der Waals surface area (Å²) in [7, 11) is 0. The molecule has 1 aliphatic heterocycles. The smallest absolute Gasteiger partial charge is 0.281 e. The van der Waals surface area contributed by atoms with Crippen molar-refractivity contribution in [1.82, 2.24) is 0 Å². The first kappa shape index (κ1) is 6.70. The van der Waals surface area contributed by atoms with Gasteiger partial charge in [0, 0.05) is 6.42 Å². The van der Waals surface area contributed by atoms with Crippen molar-refractivity contribution in [2.75, 3.05) is 5.75 Å². The molecular weight excluding hydrogens is 164 g/mol. The molecule has 0 aromatic carbocycles. The molecule has 3 heteroatoms. The molecule has 1 atom stereocenters. The maximum atomic E-state index is 10.9. The van der Waals surface area contributed by atoms with E-state index in [0.29, 0.717) is 0 Å². The number of rotatable bonds is 0. The van der Waals surface area contributed by atoms with E-state index in [9.17, 15) is 4.55 Å². The van der Waals surface area contributed by atoms with Crippen molar-refractivity contribution in [2.24, 2.45) is 0 Å². The van der Waals surface area contributed by atoms with E-state index in [1.165, 1.54) is 5.56 Å². The molecule has 2 rings (SSSR count). The van der Waals surface area contributed by atoms with Gasteiger partial charge in [-0.2, -0.15) is 0 Å². The first-order chi connectivity index (χ1) is 4.86. The zero-order valence-corrected chi connectivity index (χ0v) is 6.93. The molecular formula is C7H6OS2. The van der Waals surface area contributed by atoms with Crippen LogP contribution in [0.3, 0.4) is 0 Å². The van der Waals surface area contributed by atoms with Gasteiger partial charge in [-0.05, 0) is 28.2 Å². The monoisotopic (exact) mass is 170 g/mol. The maximum Gasteiger partial charge on any atom is 0.281 e. The van der Waals surface area contributed by atoms with Crippen LogP contribution in [0.4, 0.5) is 0 Å². The Morgan fingerprint density at radius 3 is 3.50 bits per heavy atom. The molecule has 1 nitrogen and oxygen atoms in total. The summed E-state index contributed by atoms with van der Waals surface area (Å²) in [5, 5.41) is 2.03. The van der Waals surface area contributed by atoms with Gasteiger partial charge in [0.05, 0.1) is 4.88 Å². The topological polar surface area (TPSA) is 23.1 Å². The van der Waals surface area contributed by atoms with E-state index in [4.69, 9.17) is 0 Å². The van der Waals surface area contributed by atoms with Crippen LogP contribution in [-0.2, 0) is 17.6 Å². The van der Waals surface area contributed by atoms with Crippen molar-refractivity contribution in [3.8, 4) is 0 Å². The average Bonchev–Trinajstić information content (AvgIpc) is 2.33. The Balaban J connectivity index is 2.30. The highest BCUT2D eigenvalue weighted by molar-refractivity contribution is 7.93. The van der Waals surface area contributed by atoms with Gasteiger partial charge in [0.25, 0.3) is 5.75 Å². The van der Waals surface area contributed by atoms with Gasteiger partial charge in [0.15, 0.2) is 0 Å². The maximum absolute atomic E-state index is 10.9. The van der Waals surface area contributed by atoms with Crippen molar-refractivity contribution in [1.29, 1.82) is 0 Å². The second-order valence-electron chi connectivity index (χ2n) is 2.18. The Kier molecular flexibility index (Phi) is 1.72. The van der Waals surface area contributed by atoms with Crippen LogP contribution in [0.25, 0.3) is 0 Å². The first-order valence-corrected chi connectivity index (χ1v) is 5.27. The Labute approximate surface area is 67.3 Å². The van der Waals surface area contributed by atoms with Gasteiger partial charge in [0.2, 0.25) is 0 Å². The average molecular weight is 170 g/mol. The van der Waals surface area contributed by atoms with E-state index in [0.717, 1.165) is 17.1 Å². The van der Waals surface area contributed by atoms with Crippen LogP contribution < -0.4 is 0 Å². The zero-order chi connectivity index (χ0) is 6.97. The molecule has 52 valence electrons. The third kappa shape index (κ3) is 1.09. The Morgan fingerprint density at radius 1 is 1.70 bits per heavy atom. The lowest BCUT2D eigenvalue weighted by atomic mass is 10.2. The fourth-order valence-electron chi connectivity index (χ4n) is 0.979. The molecule has 1 aromatic rings. The van der Waals surface area contributed by atoms with Gasteiger partial charge >= 0.3 is 0 Å². The second-order valence-corrected chi connectivity index (χ2v) is 4.40. The molecule has 0 amide bonds. The number of aryl methyl sites for hydroxylation is 1. The van der Waals surface area contributed by atoms with Gasteiger partial charge in [-0.1, -0.05) is 0 Å². The van der Waals surface area contributed by atoms with Crippen molar-refractivity contribution in [2.45, 2.75) is 6.42 Å². The highest BCUT2D eigenvalue weighted by Crippen LogP contribution is 2.26. The fourth-order valence-corrected chi connectivity index (χ4v) is 2.99. The number of hydrogen-bond acceptors (Lipinski definition) is 2. The van der Waals surface area contributed by atoms with E-state index in [1.807, 2.05) is 5.38 Å². The highest BCUT2D eigenvalue weighted by Gasteiger charge is 2.22. The Morgan fingerprint density at radius 2 is 2.60 bits per heavy atom. The molecule has 0 spiro atoms. The lowest BCUT2D eigenvalue weighted by Gasteiger charge is -2.13. The minimum absolute atomic E-state index is 0.754. The van der Waals surface area contributed by atoms with E-state index < -0.39 is 11.2 Å². The molecule has 0 N–H and O–H groups in total. The molecule has 2 radical (unpaired) electrons. The summed E-state index contributed by atoms with van der Waals surface area (Å²) >= 11 is 0.805. The molecule has 1 aromatic heterocycles. The van der Waals surface area contributed by atoms with Crippen LogP contribution in [0.2, 0.25) is 0 Å². The lowest BCUT2D eigenvalue weighted by Crippen LogP contribution is -2.14. The Bertz CT molecular complexity index is 231. The van der Waals surface area contributed by atoms with Gasteiger partial charge in [-0.3, -0.25) is 0 Å². The third-order valence-corrected chi connectivity index (χ3v) is 3.52. The van der Waals surface area contributed by atoms with Gasteiger partial charge in [-0.15, -0.1) is 11.3 Å². The summed E-state index contributed by atoms with van der Waals surface area (Å²) in [4.78, 5) is 1.09. The molecule has 0 bridgehead atoms. The van der Waals surface area contributed by atoms with Crippen molar-refractivity contribution < 1.29 is 4.55 Å². The fraction of sp³-hybridized carbons (Fsp3) is 0.286. The molecule has 10 heavy (non-hydrogen) atoms. The Hall–Kier alpha value is 0.0100. The van der Waals surface area contributed by atoms with Gasteiger partial charge in [0.1, 0.15) is 5.75 Å². The summed E-state index contributed by atoms with van der Waals surface area (Å²) in [6, 6.07) is 2.09. The zero-order valence-electron chi connectivity index (χ0n) is 5.29. The van der Waals surface area contributed by atoms with E-state index >= 15 is 0 Å². The van der Waals surface area contributed by atoms with Crippen molar-refractivity contribution >= 4 is 22.5 Å². The van der Waals surface area contributed by atoms with Crippen LogP contribution in [0.15, 0.2) is 11.4 Å². The minimum atomic E-state index is -0.820. The summed E-state index contributed by atoms with van der Waals surface area (Å²) < 4.78 is 10.9. The molecule has 0 fully saturated rings. The molecule has 0 aliphatic carbocycles. The van der Waals surface area contributed by atoms with Gasteiger partial charge in [-0.25, -0.2) is 0 Å². The molecule has 2 heterocycles. The summed E-state index contributed by atoms with van der Waals surface area (Å²) in [6.45, 7) is 0. The van der Waals surface area contributed by atoms with E-state index in [2.05, 4.69) is 11.8 Å². The predicted molar refractivity (Wildman–Crippen MR) is 43.4 cm³/mol. The van der Waals surface area contributed by atoms with E-state index in [1.54, 1.807) is 11.3 Å². The van der Waals surface area contributed by atoms with Crippen molar-refractivity contribution in [3.63, 3.8) is 0 Å². The molecule has 1 unspecified atom stereocenters. The van der Waals surface area contributed by atoms with Gasteiger partial charge < -0.3 is 4.55 Å². The third-order valence-electron chi connectivity index (χ3n) is 1.51. The van der Waals surface area contributed by atoms with Crippen molar-refractivity contribution in [3.05, 3.63) is 27.6 Å². The van der Waals surface area contributed by atoms with Crippen LogP contribution >= 0.6 is 11.3 Å². The normalized spacial score (nSPS) is 24.3. The summed E-state index contributed by atoms with van der Waals surface area (Å²) in [6.07, 6.45) is 0.957. The van der Waals surface area contributed by atoms with Crippen LogP contribution in [-0.4, -0.2) is 10.3 Å². The van der Waals surface area contributed by atoms with Crippen LogP contribution in [0.1, 0.15) is 10.4 Å². The largest absolute Gasteiger partial charge is 0.615 e. The lowest BCUT2D eigenvalue weighted by molar-refractivity contribution is 0.599. The number of fused-ring (bicyclic) bond motifs is 1. The minimum Gasteiger partial charge on any atom is -0.615 e. The van der Waals surface area contributed by atoms with Crippen LogP contribution in [0, 0.1) is 5.75 Å². The van der Waals surface area contributed by atoms with E-state index in [-0.39, 0.29) is 0 Å². The summed E-state index contributed by atoms with van der Waals surface area (Å²) in [5.41, 5.74) is 1.31. The predicted octanol–water partition coefficient (Wildman–Crippen LogP) is 1.44. The molecule has 0 saturated carbocycles. The SMILES string of the molecule is [O-][S+]1[C]c2sccc2CC1. The second kappa shape index (κ2) is 2.57. The number of hydrogen-bond donors (Lipinski definition) is 0. The van der Waals surface area contributed by atoms with Crippen LogP contribution in [0.5, 0.6) is 0 Å². The molecule has 0 saturated heterocycles. The summed E-state index contributed by atoms with van der Waals surface area (Å²) in [5.74, 6) is 3.68. The molecule has 1 aliphatic rings.